The summed E-state index contributed by atoms with van der Waals surface area (Å²) in [5, 5.41) is 16.3. The summed E-state index contributed by atoms with van der Waals surface area (Å²) in [4.78, 5) is 28.4. The van der Waals surface area contributed by atoms with Crippen LogP contribution in [0.15, 0.2) is 48.7 Å². The number of fused-ring (bicyclic) bond motifs is 1. The van der Waals surface area contributed by atoms with Crippen LogP contribution in [-0.4, -0.2) is 33.5 Å². The van der Waals surface area contributed by atoms with Gasteiger partial charge in [0.15, 0.2) is 0 Å². The van der Waals surface area contributed by atoms with Gasteiger partial charge in [-0.1, -0.05) is 29.0 Å². The summed E-state index contributed by atoms with van der Waals surface area (Å²) in [6.07, 6.45) is 4.96. The molecule has 162 valence electrons. The van der Waals surface area contributed by atoms with Gasteiger partial charge in [-0.2, -0.15) is 0 Å². The minimum absolute atomic E-state index is 0.177. The normalized spacial score (nSPS) is 13.3. The number of hydrogen-bond donors (Lipinski definition) is 3. The van der Waals surface area contributed by atoms with E-state index in [0.717, 1.165) is 29.8 Å². The molecule has 0 unspecified atom stereocenters. The first-order chi connectivity index (χ1) is 15.6. The van der Waals surface area contributed by atoms with Crippen molar-refractivity contribution in [1.82, 2.24) is 20.5 Å². The Kier molecular flexibility index (Phi) is 5.45. The molecule has 2 amide bonds. The Morgan fingerprint density at radius 3 is 2.84 bits per heavy atom. The van der Waals surface area contributed by atoms with Gasteiger partial charge in [-0.15, -0.1) is 10.2 Å². The van der Waals surface area contributed by atoms with E-state index in [1.165, 1.54) is 27.8 Å². The van der Waals surface area contributed by atoms with Crippen molar-refractivity contribution in [2.45, 2.75) is 32.1 Å². The second-order valence-corrected chi connectivity index (χ2v) is 9.13. The summed E-state index contributed by atoms with van der Waals surface area (Å²) in [5.74, 6) is -0.0139. The van der Waals surface area contributed by atoms with Gasteiger partial charge in [0.1, 0.15) is 5.01 Å². The van der Waals surface area contributed by atoms with Crippen molar-refractivity contribution in [1.29, 1.82) is 0 Å². The number of hydrogen-bond acceptors (Lipinski definition) is 5. The van der Waals surface area contributed by atoms with Gasteiger partial charge in [-0.25, -0.2) is 0 Å². The third-order valence-electron chi connectivity index (χ3n) is 5.55. The molecule has 2 aromatic carbocycles. The number of carbonyl (C=O) groups is 2. The van der Waals surface area contributed by atoms with Gasteiger partial charge in [0, 0.05) is 40.8 Å². The topological polar surface area (TPSA) is 99.8 Å². The molecule has 0 atom stereocenters. The average molecular weight is 446 g/mol. The number of rotatable bonds is 7. The van der Waals surface area contributed by atoms with E-state index in [1.54, 1.807) is 24.3 Å². The van der Waals surface area contributed by atoms with Crippen molar-refractivity contribution in [2.75, 3.05) is 11.9 Å². The molecule has 5 rings (SSSR count). The highest BCUT2D eigenvalue weighted by molar-refractivity contribution is 7.13. The fourth-order valence-electron chi connectivity index (χ4n) is 3.66. The van der Waals surface area contributed by atoms with E-state index >= 15 is 0 Å². The summed E-state index contributed by atoms with van der Waals surface area (Å²) in [6, 6.07) is 13.2. The van der Waals surface area contributed by atoms with Gasteiger partial charge in [0.05, 0.1) is 0 Å². The molecular weight excluding hydrogens is 422 g/mol. The number of benzene rings is 2. The molecule has 0 spiro atoms. The van der Waals surface area contributed by atoms with E-state index in [-0.39, 0.29) is 11.8 Å². The predicted molar refractivity (Wildman–Crippen MR) is 125 cm³/mol. The Bertz CT molecular complexity index is 1300. The third-order valence-corrected chi connectivity index (χ3v) is 6.63. The lowest BCUT2D eigenvalue weighted by Crippen LogP contribution is -2.25. The molecule has 0 bridgehead atoms. The highest BCUT2D eigenvalue weighted by Crippen LogP contribution is 2.41. The lowest BCUT2D eigenvalue weighted by molar-refractivity contribution is 0.0952. The maximum atomic E-state index is 12.6. The first-order valence-electron chi connectivity index (χ1n) is 10.7. The van der Waals surface area contributed by atoms with Crippen molar-refractivity contribution in [3.8, 4) is 0 Å². The number of aromatic nitrogens is 3. The van der Waals surface area contributed by atoms with Crippen LogP contribution in [0.25, 0.3) is 10.9 Å². The number of carbonyl (C=O) groups excluding carboxylic acids is 2. The second kappa shape index (κ2) is 8.55. The Balaban J connectivity index is 1.19. The van der Waals surface area contributed by atoms with Crippen LogP contribution in [-0.2, 0) is 6.42 Å². The van der Waals surface area contributed by atoms with Crippen molar-refractivity contribution < 1.29 is 9.59 Å². The summed E-state index contributed by atoms with van der Waals surface area (Å²) >= 11 is 1.34. The highest BCUT2D eigenvalue weighted by atomic mass is 32.1. The number of aryl methyl sites for hydroxylation is 1. The van der Waals surface area contributed by atoms with Gasteiger partial charge >= 0.3 is 0 Å². The maximum Gasteiger partial charge on any atom is 0.286 e. The number of nitrogens with zero attached hydrogens (tertiary/aromatic N) is 2. The lowest BCUT2D eigenvalue weighted by Gasteiger charge is -2.08. The van der Waals surface area contributed by atoms with Crippen LogP contribution in [0.2, 0.25) is 0 Å². The molecule has 1 aliphatic carbocycles. The lowest BCUT2D eigenvalue weighted by atomic mass is 10.1. The third kappa shape index (κ3) is 4.40. The molecule has 3 N–H and O–H groups in total. The van der Waals surface area contributed by atoms with Crippen LogP contribution in [0.1, 0.15) is 55.1 Å². The molecule has 8 heteroatoms. The SMILES string of the molecule is Cc1ccc2[nH]cc(CCNC(=O)c3cccc(NC(=O)c4nnc(C5CC5)s4)c3)c2c1. The summed E-state index contributed by atoms with van der Waals surface area (Å²) in [5.41, 5.74) is 4.53. The van der Waals surface area contributed by atoms with E-state index in [1.807, 2.05) is 6.20 Å². The largest absolute Gasteiger partial charge is 0.361 e. The van der Waals surface area contributed by atoms with Crippen LogP contribution in [0.3, 0.4) is 0 Å². The molecule has 0 radical (unpaired) electrons. The Hall–Kier alpha value is -3.52. The predicted octanol–water partition coefficient (Wildman–Crippen LogP) is 4.43. The van der Waals surface area contributed by atoms with E-state index in [4.69, 9.17) is 0 Å². The smallest absolute Gasteiger partial charge is 0.286 e. The van der Waals surface area contributed by atoms with Gasteiger partial charge < -0.3 is 15.6 Å². The van der Waals surface area contributed by atoms with Crippen LogP contribution in [0.5, 0.6) is 0 Å². The van der Waals surface area contributed by atoms with Gasteiger partial charge in [0.25, 0.3) is 11.8 Å². The monoisotopic (exact) mass is 445 g/mol. The molecular formula is C24H23N5O2S. The fraction of sp³-hybridized carbons (Fsp3) is 0.250. The van der Waals surface area contributed by atoms with Crippen molar-refractivity contribution in [3.63, 3.8) is 0 Å². The molecule has 1 saturated carbocycles. The van der Waals surface area contributed by atoms with E-state index in [2.05, 4.69) is 50.9 Å². The Morgan fingerprint density at radius 2 is 2.00 bits per heavy atom. The molecule has 7 nitrogen and oxygen atoms in total. The summed E-state index contributed by atoms with van der Waals surface area (Å²) < 4.78 is 0. The van der Waals surface area contributed by atoms with Gasteiger partial charge in [0.2, 0.25) is 5.01 Å². The van der Waals surface area contributed by atoms with Crippen LogP contribution < -0.4 is 10.6 Å². The first-order valence-corrected chi connectivity index (χ1v) is 11.5. The van der Waals surface area contributed by atoms with Gasteiger partial charge in [-0.05, 0) is 62.1 Å². The number of H-pyrrole nitrogens is 1. The zero-order valence-corrected chi connectivity index (χ0v) is 18.5. The molecule has 2 aromatic heterocycles. The maximum absolute atomic E-state index is 12.6. The molecule has 2 heterocycles. The minimum Gasteiger partial charge on any atom is -0.361 e. The van der Waals surface area contributed by atoms with E-state index in [9.17, 15) is 9.59 Å². The molecule has 1 fully saturated rings. The Labute approximate surface area is 189 Å². The summed E-state index contributed by atoms with van der Waals surface area (Å²) in [7, 11) is 0. The zero-order chi connectivity index (χ0) is 22.1. The molecule has 0 saturated heterocycles. The Morgan fingerprint density at radius 1 is 1.12 bits per heavy atom. The number of anilines is 1. The van der Waals surface area contributed by atoms with Crippen LogP contribution in [0, 0.1) is 6.92 Å². The number of amides is 2. The minimum atomic E-state index is -0.304. The molecule has 1 aliphatic rings. The molecule has 32 heavy (non-hydrogen) atoms. The fourth-order valence-corrected chi connectivity index (χ4v) is 4.56. The second-order valence-electron chi connectivity index (χ2n) is 8.12. The van der Waals surface area contributed by atoms with Crippen LogP contribution >= 0.6 is 11.3 Å². The first kappa shape index (κ1) is 20.4. The van der Waals surface area contributed by atoms with Crippen molar-refractivity contribution in [2.24, 2.45) is 0 Å². The van der Waals surface area contributed by atoms with E-state index in [0.29, 0.717) is 28.7 Å². The number of aromatic amines is 1. The summed E-state index contributed by atoms with van der Waals surface area (Å²) in [6.45, 7) is 2.59. The molecule has 0 aliphatic heterocycles. The van der Waals surface area contributed by atoms with E-state index < -0.39 is 0 Å². The van der Waals surface area contributed by atoms with Crippen LogP contribution in [0.4, 0.5) is 5.69 Å². The van der Waals surface area contributed by atoms with Crippen molar-refractivity contribution in [3.05, 3.63) is 75.4 Å². The molecule has 4 aromatic rings. The van der Waals surface area contributed by atoms with Crippen molar-refractivity contribution >= 4 is 39.7 Å². The highest BCUT2D eigenvalue weighted by Gasteiger charge is 2.28. The zero-order valence-electron chi connectivity index (χ0n) is 17.6. The van der Waals surface area contributed by atoms with Gasteiger partial charge in [-0.3, -0.25) is 9.59 Å². The average Bonchev–Trinajstić information content (AvgIpc) is 3.38. The quantitative estimate of drug-likeness (QED) is 0.392. The number of nitrogens with one attached hydrogen (secondary N) is 3. The standard InChI is InChI=1S/C24H23N5O2S/c1-14-5-8-20-19(11-14)17(13-26-20)9-10-25-21(30)16-3-2-4-18(12-16)27-22(31)24-29-28-23(32-24)15-6-7-15/h2-5,8,11-13,15,26H,6-7,9-10H2,1H3,(H,25,30)(H,27,31).